The van der Waals surface area contributed by atoms with Gasteiger partial charge in [-0.15, -0.1) is 0 Å². The Morgan fingerprint density at radius 2 is 2.11 bits per heavy atom. The first-order valence-electron chi connectivity index (χ1n) is 2.58. The Kier molecular flexibility index (Phi) is 4.50. The van der Waals surface area contributed by atoms with E-state index in [0.29, 0.717) is 0 Å². The van der Waals surface area contributed by atoms with Crippen LogP contribution in [0.1, 0.15) is 13.8 Å². The van der Waals surface area contributed by atoms with Crippen LogP contribution in [0, 0.1) is 0 Å². The highest BCUT2D eigenvalue weighted by Crippen LogP contribution is 2.30. The lowest BCUT2D eigenvalue weighted by molar-refractivity contribution is 0.0678. The summed E-state index contributed by atoms with van der Waals surface area (Å²) in [7, 11) is -2.42. The molecule has 0 aliphatic rings. The lowest BCUT2D eigenvalue weighted by Gasteiger charge is -2.11. The standard InChI is InChI=1S/C4H10ClO3P/c1-3(6)4(2)8-9(5)7/h3-4,6,9H,1-2H3. The Hall–Kier alpha value is 0.440. The summed E-state index contributed by atoms with van der Waals surface area (Å²) in [4.78, 5) is 0. The van der Waals surface area contributed by atoms with Crippen LogP contribution >= 0.6 is 18.6 Å². The first-order chi connectivity index (χ1) is 4.04. The van der Waals surface area contributed by atoms with E-state index in [-0.39, 0.29) is 0 Å². The molecule has 3 atom stereocenters. The number of hydrogen-bond donors (Lipinski definition) is 1. The molecule has 3 unspecified atom stereocenters. The van der Waals surface area contributed by atoms with Gasteiger partial charge in [0, 0.05) is 0 Å². The maximum atomic E-state index is 10.2. The molecule has 0 heterocycles. The molecule has 0 spiro atoms. The van der Waals surface area contributed by atoms with Crippen molar-refractivity contribution in [2.75, 3.05) is 0 Å². The number of halogens is 1. The Morgan fingerprint density at radius 1 is 1.67 bits per heavy atom. The second-order valence-corrected chi connectivity index (χ2v) is 3.44. The summed E-state index contributed by atoms with van der Waals surface area (Å²) in [5.74, 6) is 0. The number of hydrogen-bond acceptors (Lipinski definition) is 3. The quantitative estimate of drug-likeness (QED) is 0.655. The first kappa shape index (κ1) is 9.44. The second-order valence-electron chi connectivity index (χ2n) is 1.80. The molecule has 1 N–H and O–H groups in total. The molecular weight excluding hydrogens is 162 g/mol. The summed E-state index contributed by atoms with van der Waals surface area (Å²) in [5, 5.41) is 8.76. The van der Waals surface area contributed by atoms with Gasteiger partial charge in [0.15, 0.2) is 0 Å². The molecule has 0 saturated heterocycles. The molecule has 3 nitrogen and oxygen atoms in total. The van der Waals surface area contributed by atoms with Crippen molar-refractivity contribution in [3.05, 3.63) is 0 Å². The van der Waals surface area contributed by atoms with Crippen molar-refractivity contribution in [2.45, 2.75) is 26.1 Å². The third kappa shape index (κ3) is 4.91. The molecule has 0 aliphatic carbocycles. The largest absolute Gasteiger partial charge is 0.391 e. The van der Waals surface area contributed by atoms with E-state index in [2.05, 4.69) is 4.52 Å². The maximum Gasteiger partial charge on any atom is 0.279 e. The van der Waals surface area contributed by atoms with Gasteiger partial charge in [-0.2, -0.15) is 0 Å². The highest BCUT2D eigenvalue weighted by molar-refractivity contribution is 7.69. The first-order valence-corrected chi connectivity index (χ1v) is 4.91. The van der Waals surface area contributed by atoms with E-state index in [9.17, 15) is 4.57 Å². The minimum atomic E-state index is -2.42. The minimum absolute atomic E-state index is 0.450. The van der Waals surface area contributed by atoms with Gasteiger partial charge in [0.25, 0.3) is 7.38 Å². The van der Waals surface area contributed by atoms with E-state index in [1.807, 2.05) is 0 Å². The zero-order valence-electron chi connectivity index (χ0n) is 5.30. The molecule has 0 fully saturated rings. The molecule has 0 aromatic heterocycles. The number of aliphatic hydroxyl groups excluding tert-OH is 1. The normalized spacial score (nSPS) is 20.9. The SMILES string of the molecule is CC(O)C(C)O[PH](=O)Cl. The Labute approximate surface area is 59.6 Å². The molecule has 0 aromatic carbocycles. The van der Waals surface area contributed by atoms with Crippen molar-refractivity contribution in [1.29, 1.82) is 0 Å². The maximum absolute atomic E-state index is 10.2. The third-order valence-electron chi connectivity index (χ3n) is 0.958. The van der Waals surface area contributed by atoms with Crippen molar-refractivity contribution in [3.63, 3.8) is 0 Å². The topological polar surface area (TPSA) is 46.5 Å². The van der Waals surface area contributed by atoms with Crippen molar-refractivity contribution >= 4 is 18.6 Å². The summed E-state index contributed by atoms with van der Waals surface area (Å²) in [6, 6.07) is 0. The summed E-state index contributed by atoms with van der Waals surface area (Å²) >= 11 is 5.03. The Balaban J connectivity index is 3.50. The van der Waals surface area contributed by atoms with Crippen LogP contribution in [0.25, 0.3) is 0 Å². The summed E-state index contributed by atoms with van der Waals surface area (Å²) in [6.45, 7) is 3.15. The number of aliphatic hydroxyl groups is 1. The van der Waals surface area contributed by atoms with Gasteiger partial charge in [-0.3, -0.25) is 4.57 Å². The molecule has 5 heteroatoms. The van der Waals surface area contributed by atoms with Crippen LogP contribution in [0.2, 0.25) is 0 Å². The van der Waals surface area contributed by atoms with Crippen molar-refractivity contribution < 1.29 is 14.2 Å². The van der Waals surface area contributed by atoms with Crippen LogP contribution in [0.5, 0.6) is 0 Å². The van der Waals surface area contributed by atoms with Gasteiger partial charge in [-0.25, -0.2) is 0 Å². The molecule has 0 rings (SSSR count). The molecule has 0 bridgehead atoms. The predicted octanol–water partition coefficient (Wildman–Crippen LogP) is 1.40. The van der Waals surface area contributed by atoms with Crippen LogP contribution in [0.15, 0.2) is 0 Å². The number of rotatable bonds is 3. The monoisotopic (exact) mass is 172 g/mol. The van der Waals surface area contributed by atoms with Gasteiger partial charge < -0.3 is 9.63 Å². The smallest absolute Gasteiger partial charge is 0.279 e. The fourth-order valence-electron chi connectivity index (χ4n) is 0.245. The van der Waals surface area contributed by atoms with Crippen LogP contribution in [0.3, 0.4) is 0 Å². The molecule has 0 saturated carbocycles. The molecule has 0 amide bonds. The van der Waals surface area contributed by atoms with Gasteiger partial charge in [0.2, 0.25) is 0 Å². The summed E-state index contributed by atoms with van der Waals surface area (Å²) in [5.41, 5.74) is 0. The lowest BCUT2D eigenvalue weighted by Crippen LogP contribution is -2.19. The van der Waals surface area contributed by atoms with Gasteiger partial charge in [0.05, 0.1) is 12.2 Å². The molecule has 9 heavy (non-hydrogen) atoms. The average molecular weight is 173 g/mol. The predicted molar refractivity (Wildman–Crippen MR) is 37.1 cm³/mol. The molecular formula is C4H10ClO3P. The molecule has 0 aromatic rings. The van der Waals surface area contributed by atoms with Crippen LogP contribution in [-0.4, -0.2) is 17.3 Å². The third-order valence-corrected chi connectivity index (χ3v) is 1.78. The molecule has 56 valence electrons. The van der Waals surface area contributed by atoms with Gasteiger partial charge in [0.1, 0.15) is 0 Å². The van der Waals surface area contributed by atoms with E-state index < -0.39 is 19.6 Å². The summed E-state index contributed by atoms with van der Waals surface area (Å²) < 4.78 is 14.7. The second kappa shape index (κ2) is 4.29. The zero-order chi connectivity index (χ0) is 7.44. The summed E-state index contributed by atoms with van der Waals surface area (Å²) in [6.07, 6.45) is -1.08. The van der Waals surface area contributed by atoms with Crippen LogP contribution < -0.4 is 0 Å². The fraction of sp³-hybridized carbons (Fsp3) is 1.00. The minimum Gasteiger partial charge on any atom is -0.391 e. The van der Waals surface area contributed by atoms with Gasteiger partial charge in [-0.05, 0) is 25.1 Å². The van der Waals surface area contributed by atoms with E-state index >= 15 is 0 Å². The van der Waals surface area contributed by atoms with E-state index in [0.717, 1.165) is 0 Å². The lowest BCUT2D eigenvalue weighted by atomic mass is 10.3. The zero-order valence-corrected chi connectivity index (χ0v) is 7.05. The van der Waals surface area contributed by atoms with Crippen LogP contribution in [0.4, 0.5) is 0 Å². The molecule has 0 radical (unpaired) electrons. The molecule has 0 aliphatic heterocycles. The van der Waals surface area contributed by atoms with E-state index in [4.69, 9.17) is 16.3 Å². The van der Waals surface area contributed by atoms with E-state index in [1.54, 1.807) is 13.8 Å². The van der Waals surface area contributed by atoms with Gasteiger partial charge in [-0.1, -0.05) is 0 Å². The van der Waals surface area contributed by atoms with Crippen molar-refractivity contribution in [2.24, 2.45) is 0 Å². The Bertz CT molecular complexity index is 106. The van der Waals surface area contributed by atoms with Crippen molar-refractivity contribution in [1.82, 2.24) is 0 Å². The van der Waals surface area contributed by atoms with Crippen LogP contribution in [-0.2, 0) is 9.09 Å². The highest BCUT2D eigenvalue weighted by Gasteiger charge is 2.10. The van der Waals surface area contributed by atoms with Crippen molar-refractivity contribution in [3.8, 4) is 0 Å². The van der Waals surface area contributed by atoms with Gasteiger partial charge >= 0.3 is 0 Å². The highest BCUT2D eigenvalue weighted by atomic mass is 35.7. The fourth-order valence-corrected chi connectivity index (χ4v) is 1.16. The average Bonchev–Trinajstić information content (AvgIpc) is 1.63. The Morgan fingerprint density at radius 3 is 2.22 bits per heavy atom. The van der Waals surface area contributed by atoms with E-state index in [1.165, 1.54) is 0 Å².